The molecule has 2 rings (SSSR count). The fraction of sp³-hybridized carbons (Fsp3) is 0.222. The van der Waals surface area contributed by atoms with Gasteiger partial charge in [0.25, 0.3) is 0 Å². The maximum Gasteiger partial charge on any atom is 0.109 e. The molecule has 0 N–H and O–H groups in total. The van der Waals surface area contributed by atoms with Crippen LogP contribution in [0.2, 0.25) is 0 Å². The normalized spacial score (nSPS) is 11.2. The number of nitrogens with zero attached hydrogens (tertiary/aromatic N) is 2. The third kappa shape index (κ3) is 1.46. The molecule has 0 atom stereocenters. The van der Waals surface area contributed by atoms with Crippen molar-refractivity contribution in [3.05, 3.63) is 30.9 Å². The van der Waals surface area contributed by atoms with Crippen LogP contribution in [-0.2, 0) is 0 Å². The molecule has 0 radical (unpaired) electrons. The number of aryl methyl sites for hydroxylation is 2. The average molecular weight is 383 g/mol. The number of rotatable bonds is 0. The fourth-order valence-electron chi connectivity index (χ4n) is 1.45. The van der Waals surface area contributed by atoms with Crippen LogP contribution in [0.25, 0.3) is 5.52 Å². The molecule has 0 aliphatic rings. The quantitative estimate of drug-likeness (QED) is 0.666. The highest BCUT2D eigenvalue weighted by molar-refractivity contribution is 9.11. The van der Waals surface area contributed by atoms with Gasteiger partial charge in [-0.15, -0.1) is 0 Å². The van der Waals surface area contributed by atoms with Crippen molar-refractivity contribution in [3.8, 4) is 0 Å². The van der Waals surface area contributed by atoms with E-state index < -0.39 is 0 Å². The zero-order valence-corrected chi connectivity index (χ0v) is 12.4. The minimum atomic E-state index is 0.957. The van der Waals surface area contributed by atoms with Gasteiger partial charge in [-0.2, -0.15) is 5.10 Å². The van der Waals surface area contributed by atoms with Crippen LogP contribution in [0.4, 0.5) is 0 Å². The second kappa shape index (κ2) is 3.61. The molecule has 2 aromatic rings. The van der Waals surface area contributed by atoms with Crippen LogP contribution < -0.4 is 0 Å². The van der Waals surface area contributed by atoms with Crippen molar-refractivity contribution in [1.82, 2.24) is 9.61 Å². The first kappa shape index (κ1) is 10.6. The van der Waals surface area contributed by atoms with Crippen molar-refractivity contribution in [1.29, 1.82) is 0 Å². The van der Waals surface area contributed by atoms with Gasteiger partial charge in [-0.05, 0) is 73.3 Å². The van der Waals surface area contributed by atoms with Crippen LogP contribution in [-0.4, -0.2) is 9.61 Å². The Bertz CT molecular complexity index is 516. The van der Waals surface area contributed by atoms with Gasteiger partial charge in [0.05, 0.1) is 11.2 Å². The Morgan fingerprint density at radius 2 is 1.86 bits per heavy atom. The van der Waals surface area contributed by atoms with Crippen LogP contribution in [0.15, 0.2) is 19.6 Å². The smallest absolute Gasteiger partial charge is 0.109 e. The molecule has 0 aliphatic carbocycles. The Balaban J connectivity index is 3.01. The van der Waals surface area contributed by atoms with Crippen molar-refractivity contribution < 1.29 is 0 Å². The maximum atomic E-state index is 4.45. The number of hydrogen-bond acceptors (Lipinski definition) is 1. The van der Waals surface area contributed by atoms with Crippen molar-refractivity contribution in [3.63, 3.8) is 0 Å². The summed E-state index contributed by atoms with van der Waals surface area (Å²) in [7, 11) is 0. The highest BCUT2D eigenvalue weighted by Gasteiger charge is 2.12. The van der Waals surface area contributed by atoms with Crippen LogP contribution in [0.1, 0.15) is 11.3 Å². The third-order valence-electron chi connectivity index (χ3n) is 2.14. The first-order valence-corrected chi connectivity index (χ1v) is 6.39. The SMILES string of the molecule is Cc1nn2c(Br)cc(Br)c2c(C)c1Br. The largest absolute Gasteiger partial charge is 0.225 e. The Morgan fingerprint density at radius 3 is 2.50 bits per heavy atom. The van der Waals surface area contributed by atoms with Crippen molar-refractivity contribution in [2.45, 2.75) is 13.8 Å². The van der Waals surface area contributed by atoms with Gasteiger partial charge in [0.2, 0.25) is 0 Å². The summed E-state index contributed by atoms with van der Waals surface area (Å²) < 4.78 is 4.96. The Hall–Kier alpha value is 0.130. The lowest BCUT2D eigenvalue weighted by Crippen LogP contribution is -1.98. The lowest BCUT2D eigenvalue weighted by atomic mass is 10.2. The summed E-state index contributed by atoms with van der Waals surface area (Å²) >= 11 is 10.5. The number of halogens is 3. The van der Waals surface area contributed by atoms with Gasteiger partial charge in [-0.25, -0.2) is 4.52 Å². The second-order valence-corrected chi connectivity index (χ2v) is 5.56. The molecular formula is C9H7Br3N2. The summed E-state index contributed by atoms with van der Waals surface area (Å²) in [5.74, 6) is 0. The molecule has 74 valence electrons. The van der Waals surface area contributed by atoms with E-state index >= 15 is 0 Å². The van der Waals surface area contributed by atoms with Gasteiger partial charge in [0.1, 0.15) is 4.60 Å². The van der Waals surface area contributed by atoms with E-state index in [4.69, 9.17) is 0 Å². The van der Waals surface area contributed by atoms with E-state index in [1.807, 2.05) is 17.5 Å². The number of hydrogen-bond donors (Lipinski definition) is 0. The van der Waals surface area contributed by atoms with E-state index in [9.17, 15) is 0 Å². The summed E-state index contributed by atoms with van der Waals surface area (Å²) in [6.07, 6.45) is 0. The minimum Gasteiger partial charge on any atom is -0.225 e. The summed E-state index contributed by atoms with van der Waals surface area (Å²) in [5.41, 5.74) is 3.27. The predicted octanol–water partition coefficient (Wildman–Crippen LogP) is 4.24. The summed E-state index contributed by atoms with van der Waals surface area (Å²) in [6.45, 7) is 4.06. The van der Waals surface area contributed by atoms with Crippen LogP contribution in [0.5, 0.6) is 0 Å². The molecule has 0 aliphatic heterocycles. The average Bonchev–Trinajstić information content (AvgIpc) is 2.38. The van der Waals surface area contributed by atoms with E-state index in [0.717, 1.165) is 24.8 Å². The van der Waals surface area contributed by atoms with Gasteiger partial charge in [-0.3, -0.25) is 0 Å². The molecule has 2 nitrogen and oxygen atoms in total. The maximum absolute atomic E-state index is 4.45. The second-order valence-electron chi connectivity index (χ2n) is 3.10. The lowest BCUT2D eigenvalue weighted by molar-refractivity contribution is 0.873. The molecule has 0 amide bonds. The third-order valence-corrected chi connectivity index (χ3v) is 4.48. The topological polar surface area (TPSA) is 17.3 Å². The molecular weight excluding hydrogens is 376 g/mol. The molecule has 14 heavy (non-hydrogen) atoms. The molecule has 0 unspecified atom stereocenters. The zero-order chi connectivity index (χ0) is 10.5. The highest BCUT2D eigenvalue weighted by atomic mass is 79.9. The molecule has 0 fully saturated rings. The molecule has 0 aromatic carbocycles. The lowest BCUT2D eigenvalue weighted by Gasteiger charge is -2.06. The van der Waals surface area contributed by atoms with Crippen LogP contribution in [0.3, 0.4) is 0 Å². The first-order chi connectivity index (χ1) is 6.52. The Morgan fingerprint density at radius 1 is 1.21 bits per heavy atom. The Labute approximate surface area is 107 Å². The van der Waals surface area contributed by atoms with E-state index in [1.54, 1.807) is 0 Å². The molecule has 0 saturated heterocycles. The van der Waals surface area contributed by atoms with E-state index in [-0.39, 0.29) is 0 Å². The fourth-order valence-corrected chi connectivity index (χ4v) is 3.19. The van der Waals surface area contributed by atoms with Gasteiger partial charge in [0, 0.05) is 8.95 Å². The molecule has 2 aromatic heterocycles. The van der Waals surface area contributed by atoms with Gasteiger partial charge in [-0.1, -0.05) is 0 Å². The number of fused-ring (bicyclic) bond motifs is 1. The van der Waals surface area contributed by atoms with Gasteiger partial charge < -0.3 is 0 Å². The van der Waals surface area contributed by atoms with Crippen molar-refractivity contribution in [2.24, 2.45) is 0 Å². The highest BCUT2D eigenvalue weighted by Crippen LogP contribution is 2.32. The minimum absolute atomic E-state index is 0.957. The standard InChI is InChI=1S/C9H7Br3N2/c1-4-8(12)5(2)13-14-7(11)3-6(10)9(4)14/h3H,1-2H3. The van der Waals surface area contributed by atoms with E-state index in [1.165, 1.54) is 5.56 Å². The van der Waals surface area contributed by atoms with E-state index in [2.05, 4.69) is 59.8 Å². The van der Waals surface area contributed by atoms with Crippen LogP contribution >= 0.6 is 47.8 Å². The first-order valence-electron chi connectivity index (χ1n) is 4.02. The van der Waals surface area contributed by atoms with Gasteiger partial charge >= 0.3 is 0 Å². The van der Waals surface area contributed by atoms with Crippen molar-refractivity contribution >= 4 is 53.3 Å². The molecule has 0 spiro atoms. The molecule has 0 saturated carbocycles. The molecule has 2 heterocycles. The zero-order valence-electron chi connectivity index (χ0n) is 7.61. The summed E-state index contributed by atoms with van der Waals surface area (Å²) in [4.78, 5) is 0. The Kier molecular flexibility index (Phi) is 2.74. The van der Waals surface area contributed by atoms with Crippen LogP contribution in [0, 0.1) is 13.8 Å². The van der Waals surface area contributed by atoms with Crippen molar-refractivity contribution in [2.75, 3.05) is 0 Å². The number of aromatic nitrogens is 2. The summed E-state index contributed by atoms with van der Waals surface area (Å²) in [5, 5.41) is 4.45. The monoisotopic (exact) mass is 380 g/mol. The van der Waals surface area contributed by atoms with Gasteiger partial charge in [0.15, 0.2) is 0 Å². The molecule has 5 heteroatoms. The molecule has 0 bridgehead atoms. The predicted molar refractivity (Wildman–Crippen MR) is 67.8 cm³/mol. The van der Waals surface area contributed by atoms with E-state index in [0.29, 0.717) is 0 Å². The summed E-state index contributed by atoms with van der Waals surface area (Å²) in [6, 6.07) is 2.00.